The molecule has 0 fully saturated rings. The van der Waals surface area contributed by atoms with Gasteiger partial charge in [0, 0.05) is 5.56 Å². The summed E-state index contributed by atoms with van der Waals surface area (Å²) in [5, 5.41) is 11.9. The van der Waals surface area contributed by atoms with Crippen molar-refractivity contribution in [3.63, 3.8) is 0 Å². The highest BCUT2D eigenvalue weighted by atomic mass is 79.9. The van der Waals surface area contributed by atoms with Crippen LogP contribution in [-0.2, 0) is 4.79 Å². The topological polar surface area (TPSA) is 92.4 Å². The molecule has 6 heteroatoms. The number of phenolic OH excluding ortho intramolecular Hbond substituents is 1. The number of carbonyl (C=O) groups is 2. The summed E-state index contributed by atoms with van der Waals surface area (Å²) in [4.78, 5) is 22.8. The molecule has 17 heavy (non-hydrogen) atoms. The van der Waals surface area contributed by atoms with Crippen LogP contribution in [0.25, 0.3) is 0 Å². The lowest BCUT2D eigenvalue weighted by molar-refractivity contribution is -0.122. The molecule has 0 bridgehead atoms. The minimum absolute atomic E-state index is 0.0467. The van der Waals surface area contributed by atoms with Gasteiger partial charge in [0.1, 0.15) is 11.3 Å². The van der Waals surface area contributed by atoms with Gasteiger partial charge in [-0.05, 0) is 48.0 Å². The van der Waals surface area contributed by atoms with E-state index in [4.69, 9.17) is 5.73 Å². The van der Waals surface area contributed by atoms with Crippen molar-refractivity contribution in [2.24, 2.45) is 5.73 Å². The molecule has 0 spiro atoms. The smallest absolute Gasteiger partial charge is 0.252 e. The van der Waals surface area contributed by atoms with Gasteiger partial charge in [0.25, 0.3) is 5.91 Å². The fourth-order valence-corrected chi connectivity index (χ4v) is 1.32. The van der Waals surface area contributed by atoms with Crippen LogP contribution in [0.15, 0.2) is 22.7 Å². The van der Waals surface area contributed by atoms with Crippen molar-refractivity contribution >= 4 is 27.7 Å². The molecule has 0 heterocycles. The van der Waals surface area contributed by atoms with E-state index in [-0.39, 0.29) is 11.3 Å². The monoisotopic (exact) mass is 300 g/mol. The zero-order chi connectivity index (χ0) is 13.2. The summed E-state index contributed by atoms with van der Waals surface area (Å²) in [6, 6.07) is 4.37. The number of benzene rings is 1. The van der Waals surface area contributed by atoms with E-state index in [1.807, 2.05) is 0 Å². The third-order valence-corrected chi connectivity index (χ3v) is 2.92. The number of nitrogens with one attached hydrogen (secondary N) is 1. The third-order valence-electron chi connectivity index (χ3n) is 2.25. The van der Waals surface area contributed by atoms with Gasteiger partial charge in [-0.15, -0.1) is 0 Å². The van der Waals surface area contributed by atoms with Crippen molar-refractivity contribution in [3.8, 4) is 5.75 Å². The molecule has 0 aliphatic heterocycles. The molecule has 4 N–H and O–H groups in total. The molecule has 0 saturated heterocycles. The number of halogens is 1. The second-order valence-corrected chi connectivity index (χ2v) is 4.96. The number of primary amides is 1. The maximum atomic E-state index is 11.8. The highest BCUT2D eigenvalue weighted by Crippen LogP contribution is 2.24. The van der Waals surface area contributed by atoms with Gasteiger partial charge < -0.3 is 16.2 Å². The summed E-state index contributed by atoms with van der Waals surface area (Å²) in [7, 11) is 0. The lowest BCUT2D eigenvalue weighted by atomic mass is 10.0. The minimum Gasteiger partial charge on any atom is -0.507 e. The summed E-state index contributed by atoms with van der Waals surface area (Å²) in [6.07, 6.45) is 0. The van der Waals surface area contributed by atoms with E-state index < -0.39 is 17.4 Å². The molecule has 1 rings (SSSR count). The largest absolute Gasteiger partial charge is 0.507 e. The first-order chi connectivity index (χ1) is 7.74. The first-order valence-electron chi connectivity index (χ1n) is 4.85. The van der Waals surface area contributed by atoms with Gasteiger partial charge in [-0.2, -0.15) is 0 Å². The Kier molecular flexibility index (Phi) is 3.77. The zero-order valence-electron chi connectivity index (χ0n) is 9.45. The molecular formula is C11H13BrN2O3. The Morgan fingerprint density at radius 3 is 2.47 bits per heavy atom. The Morgan fingerprint density at radius 2 is 2.00 bits per heavy atom. The fourth-order valence-electron chi connectivity index (χ4n) is 1.07. The molecule has 0 unspecified atom stereocenters. The standard InChI is InChI=1S/C11H13BrN2O3/c1-11(2,10(13)17)14-9(16)6-3-4-7(12)8(15)5-6/h3-5,15H,1-2H3,(H2,13,17)(H,14,16). The Bertz CT molecular complexity index is 472. The number of carbonyl (C=O) groups excluding carboxylic acids is 2. The summed E-state index contributed by atoms with van der Waals surface area (Å²) < 4.78 is 0.489. The molecule has 0 saturated carbocycles. The predicted molar refractivity (Wildman–Crippen MR) is 66.5 cm³/mol. The van der Waals surface area contributed by atoms with Crippen LogP contribution in [-0.4, -0.2) is 22.5 Å². The number of aromatic hydroxyl groups is 1. The normalized spacial score (nSPS) is 11.0. The number of phenols is 1. The SMILES string of the molecule is CC(C)(NC(=O)c1ccc(Br)c(O)c1)C(N)=O. The zero-order valence-corrected chi connectivity index (χ0v) is 11.0. The van der Waals surface area contributed by atoms with E-state index in [9.17, 15) is 14.7 Å². The van der Waals surface area contributed by atoms with Gasteiger partial charge in [-0.25, -0.2) is 0 Å². The Hall–Kier alpha value is -1.56. The second-order valence-electron chi connectivity index (χ2n) is 4.11. The van der Waals surface area contributed by atoms with E-state index in [0.29, 0.717) is 4.47 Å². The van der Waals surface area contributed by atoms with Crippen LogP contribution in [0, 0.1) is 0 Å². The molecule has 0 atom stereocenters. The fraction of sp³-hybridized carbons (Fsp3) is 0.273. The van der Waals surface area contributed by atoms with Gasteiger partial charge in [0.05, 0.1) is 4.47 Å². The summed E-state index contributed by atoms with van der Waals surface area (Å²) >= 11 is 3.11. The van der Waals surface area contributed by atoms with Crippen molar-refractivity contribution in [3.05, 3.63) is 28.2 Å². The van der Waals surface area contributed by atoms with Crippen LogP contribution in [0.2, 0.25) is 0 Å². The maximum Gasteiger partial charge on any atom is 0.252 e. The highest BCUT2D eigenvalue weighted by Gasteiger charge is 2.27. The Morgan fingerprint density at radius 1 is 1.41 bits per heavy atom. The van der Waals surface area contributed by atoms with E-state index in [2.05, 4.69) is 21.2 Å². The quantitative estimate of drug-likeness (QED) is 0.782. The van der Waals surface area contributed by atoms with E-state index in [1.165, 1.54) is 26.0 Å². The Labute approximate surface area is 107 Å². The molecule has 5 nitrogen and oxygen atoms in total. The number of hydrogen-bond donors (Lipinski definition) is 3. The number of nitrogens with two attached hydrogens (primary N) is 1. The molecule has 92 valence electrons. The summed E-state index contributed by atoms with van der Waals surface area (Å²) in [6.45, 7) is 3.01. The van der Waals surface area contributed by atoms with Gasteiger partial charge in [0.15, 0.2) is 0 Å². The third kappa shape index (κ3) is 3.20. The molecular weight excluding hydrogens is 288 g/mol. The van der Waals surface area contributed by atoms with Crippen molar-refractivity contribution in [1.82, 2.24) is 5.32 Å². The van der Waals surface area contributed by atoms with Crippen LogP contribution < -0.4 is 11.1 Å². The van der Waals surface area contributed by atoms with Crippen LogP contribution >= 0.6 is 15.9 Å². The van der Waals surface area contributed by atoms with Gasteiger partial charge in [0.2, 0.25) is 5.91 Å². The van der Waals surface area contributed by atoms with Gasteiger partial charge in [-0.3, -0.25) is 9.59 Å². The lowest BCUT2D eigenvalue weighted by Crippen LogP contribution is -2.52. The van der Waals surface area contributed by atoms with Gasteiger partial charge in [-0.1, -0.05) is 0 Å². The van der Waals surface area contributed by atoms with Crippen molar-refractivity contribution in [2.45, 2.75) is 19.4 Å². The van der Waals surface area contributed by atoms with E-state index in [0.717, 1.165) is 0 Å². The number of hydrogen-bond acceptors (Lipinski definition) is 3. The van der Waals surface area contributed by atoms with Crippen LogP contribution in [0.5, 0.6) is 5.75 Å². The predicted octanol–water partition coefficient (Wildman–Crippen LogP) is 1.15. The highest BCUT2D eigenvalue weighted by molar-refractivity contribution is 9.10. The molecule has 1 aromatic rings. The summed E-state index contributed by atoms with van der Waals surface area (Å²) in [5.41, 5.74) is 4.25. The van der Waals surface area contributed by atoms with E-state index >= 15 is 0 Å². The van der Waals surface area contributed by atoms with Crippen molar-refractivity contribution < 1.29 is 14.7 Å². The molecule has 0 aliphatic carbocycles. The maximum absolute atomic E-state index is 11.8. The first-order valence-corrected chi connectivity index (χ1v) is 5.64. The van der Waals surface area contributed by atoms with Crippen molar-refractivity contribution in [2.75, 3.05) is 0 Å². The minimum atomic E-state index is -1.14. The first kappa shape index (κ1) is 13.5. The van der Waals surface area contributed by atoms with Crippen LogP contribution in [0.4, 0.5) is 0 Å². The van der Waals surface area contributed by atoms with Gasteiger partial charge >= 0.3 is 0 Å². The lowest BCUT2D eigenvalue weighted by Gasteiger charge is -2.22. The van der Waals surface area contributed by atoms with E-state index in [1.54, 1.807) is 6.07 Å². The molecule has 1 aromatic carbocycles. The number of amides is 2. The van der Waals surface area contributed by atoms with Crippen LogP contribution in [0.1, 0.15) is 24.2 Å². The average Bonchev–Trinajstić information content (AvgIpc) is 2.21. The molecule has 0 aromatic heterocycles. The van der Waals surface area contributed by atoms with Crippen LogP contribution in [0.3, 0.4) is 0 Å². The average molecular weight is 301 g/mol. The molecule has 0 aliphatic rings. The Balaban J connectivity index is 2.91. The number of rotatable bonds is 3. The second kappa shape index (κ2) is 4.75. The molecule has 0 radical (unpaired) electrons. The van der Waals surface area contributed by atoms with Crippen molar-refractivity contribution in [1.29, 1.82) is 0 Å². The molecule has 2 amide bonds. The summed E-state index contributed by atoms with van der Waals surface area (Å²) in [5.74, 6) is -1.15.